The second-order valence-corrected chi connectivity index (χ2v) is 9.66. The molecule has 0 radical (unpaired) electrons. The lowest BCUT2D eigenvalue weighted by Crippen LogP contribution is -2.52. The van der Waals surface area contributed by atoms with Crippen LogP contribution in [0.5, 0.6) is 0 Å². The molecular weight excluding hydrogens is 462 g/mol. The van der Waals surface area contributed by atoms with Crippen molar-refractivity contribution in [2.75, 3.05) is 56.0 Å². The first-order valence-electron chi connectivity index (χ1n) is 12.5. The molecule has 9 heteroatoms. The number of halogens is 1. The van der Waals surface area contributed by atoms with Gasteiger partial charge in [-0.05, 0) is 37.1 Å². The maximum Gasteiger partial charge on any atom is 0.227 e. The lowest BCUT2D eigenvalue weighted by molar-refractivity contribution is -0.137. The minimum absolute atomic E-state index is 0.00598. The number of piperazine rings is 1. The average molecular weight is 494 g/mol. The molecule has 1 N–H and O–H groups in total. The Morgan fingerprint density at radius 2 is 1.94 bits per heavy atom. The van der Waals surface area contributed by atoms with Gasteiger partial charge in [0.05, 0.1) is 16.8 Å². The molecule has 2 fully saturated rings. The van der Waals surface area contributed by atoms with E-state index in [9.17, 15) is 4.79 Å². The molecular formula is C26H32ClN7O. The van der Waals surface area contributed by atoms with Crippen molar-refractivity contribution in [1.29, 1.82) is 0 Å². The second-order valence-electron chi connectivity index (χ2n) is 9.25. The molecule has 1 amide bonds. The van der Waals surface area contributed by atoms with Gasteiger partial charge in [-0.15, -0.1) is 0 Å². The van der Waals surface area contributed by atoms with Gasteiger partial charge in [-0.2, -0.15) is 0 Å². The minimum atomic E-state index is 0.00598. The number of piperidine rings is 1. The number of amides is 1. The summed E-state index contributed by atoms with van der Waals surface area (Å²) in [5, 5.41) is 4.88. The summed E-state index contributed by atoms with van der Waals surface area (Å²) < 4.78 is 0. The predicted octanol–water partition coefficient (Wildman–Crippen LogP) is 3.67. The van der Waals surface area contributed by atoms with Gasteiger partial charge in [-0.3, -0.25) is 4.79 Å². The van der Waals surface area contributed by atoms with Gasteiger partial charge in [-0.25, -0.2) is 15.0 Å². The Hall–Kier alpha value is -2.97. The Morgan fingerprint density at radius 3 is 2.74 bits per heavy atom. The predicted molar refractivity (Wildman–Crippen MR) is 140 cm³/mol. The molecule has 0 bridgehead atoms. The normalized spacial score (nSPS) is 19.2. The fourth-order valence-electron chi connectivity index (χ4n) is 5.01. The molecule has 2 aromatic heterocycles. The maximum atomic E-state index is 13.3. The summed E-state index contributed by atoms with van der Waals surface area (Å²) in [4.78, 5) is 33.9. The van der Waals surface area contributed by atoms with Crippen molar-refractivity contribution in [2.24, 2.45) is 5.92 Å². The van der Waals surface area contributed by atoms with Gasteiger partial charge in [0, 0.05) is 63.2 Å². The fraction of sp³-hybridized carbons (Fsp3) is 0.462. The number of aromatic nitrogens is 3. The summed E-state index contributed by atoms with van der Waals surface area (Å²) in [6.45, 7) is 8.92. The number of carbonyl (C=O) groups excluding carboxylic acids is 1. The maximum absolute atomic E-state index is 13.3. The lowest BCUT2D eigenvalue weighted by Gasteiger charge is -2.39. The molecule has 0 aliphatic carbocycles. The third-order valence-corrected chi connectivity index (χ3v) is 7.45. The average Bonchev–Trinajstić information content (AvgIpc) is 2.92. The van der Waals surface area contributed by atoms with Crippen molar-refractivity contribution in [1.82, 2.24) is 24.8 Å². The van der Waals surface area contributed by atoms with E-state index in [0.717, 1.165) is 74.4 Å². The highest BCUT2D eigenvalue weighted by molar-refractivity contribution is 6.31. The molecule has 35 heavy (non-hydrogen) atoms. The third kappa shape index (κ3) is 5.33. The van der Waals surface area contributed by atoms with Crippen LogP contribution >= 0.6 is 11.6 Å². The third-order valence-electron chi connectivity index (χ3n) is 7.08. The highest BCUT2D eigenvalue weighted by Gasteiger charge is 2.31. The van der Waals surface area contributed by atoms with Gasteiger partial charge in [0.15, 0.2) is 0 Å². The Labute approximate surface area is 211 Å². The van der Waals surface area contributed by atoms with Crippen LogP contribution in [0, 0.1) is 5.92 Å². The summed E-state index contributed by atoms with van der Waals surface area (Å²) in [6.07, 6.45) is 5.52. The molecule has 1 atom stereocenters. The van der Waals surface area contributed by atoms with Gasteiger partial charge in [0.2, 0.25) is 11.9 Å². The van der Waals surface area contributed by atoms with Crippen molar-refractivity contribution in [3.8, 4) is 0 Å². The smallest absolute Gasteiger partial charge is 0.227 e. The molecule has 1 unspecified atom stereocenters. The van der Waals surface area contributed by atoms with Gasteiger partial charge < -0.3 is 20.0 Å². The SMILES string of the molecule is CCN1CCN(C(=O)C2CCCN(c3nccc4nc(NCc5ccccc5Cl)ncc34)C2)CC1. The number of fused-ring (bicyclic) bond motifs is 1. The molecule has 8 nitrogen and oxygen atoms in total. The first-order valence-corrected chi connectivity index (χ1v) is 12.9. The van der Waals surface area contributed by atoms with E-state index in [1.54, 1.807) is 6.20 Å². The van der Waals surface area contributed by atoms with Crippen molar-refractivity contribution >= 4 is 40.2 Å². The van der Waals surface area contributed by atoms with Crippen LogP contribution in [0.3, 0.4) is 0 Å². The molecule has 4 heterocycles. The van der Waals surface area contributed by atoms with E-state index < -0.39 is 0 Å². The van der Waals surface area contributed by atoms with Crippen molar-refractivity contribution < 1.29 is 4.79 Å². The van der Waals surface area contributed by atoms with Gasteiger partial charge in [0.1, 0.15) is 5.82 Å². The molecule has 0 spiro atoms. The van der Waals surface area contributed by atoms with E-state index in [2.05, 4.69) is 36.9 Å². The van der Waals surface area contributed by atoms with E-state index in [1.807, 2.05) is 36.5 Å². The van der Waals surface area contributed by atoms with E-state index in [4.69, 9.17) is 16.6 Å². The van der Waals surface area contributed by atoms with Crippen LogP contribution in [0.15, 0.2) is 42.7 Å². The number of nitrogens with one attached hydrogen (secondary N) is 1. The minimum Gasteiger partial charge on any atom is -0.355 e. The molecule has 5 rings (SSSR count). The molecule has 1 aromatic carbocycles. The standard InChI is InChI=1S/C26H32ClN7O/c1-2-32-12-14-33(15-13-32)25(35)20-7-5-11-34(18-20)24-21-17-30-26(31-23(21)9-10-28-24)29-16-19-6-3-4-8-22(19)27/h3-4,6,8-10,17,20H,2,5,7,11-16,18H2,1H3,(H,29,30,31). The molecule has 0 saturated carbocycles. The molecule has 3 aromatic rings. The number of carbonyl (C=O) groups is 1. The van der Waals surface area contributed by atoms with Crippen LogP contribution < -0.4 is 10.2 Å². The van der Waals surface area contributed by atoms with Crippen LogP contribution in [0.2, 0.25) is 5.02 Å². The summed E-state index contributed by atoms with van der Waals surface area (Å²) in [5.74, 6) is 1.69. The monoisotopic (exact) mass is 493 g/mol. The van der Waals surface area contributed by atoms with Gasteiger partial charge in [-0.1, -0.05) is 36.7 Å². The summed E-state index contributed by atoms with van der Waals surface area (Å²) in [7, 11) is 0. The number of benzene rings is 1. The number of hydrogen-bond donors (Lipinski definition) is 1. The topological polar surface area (TPSA) is 77.5 Å². The Bertz CT molecular complexity index is 1180. The van der Waals surface area contributed by atoms with Crippen LogP contribution in [0.1, 0.15) is 25.3 Å². The number of nitrogens with zero attached hydrogens (tertiary/aromatic N) is 6. The second kappa shape index (κ2) is 10.7. The summed E-state index contributed by atoms with van der Waals surface area (Å²) >= 11 is 6.27. The number of rotatable bonds is 6. The van der Waals surface area contributed by atoms with E-state index >= 15 is 0 Å². The van der Waals surface area contributed by atoms with Gasteiger partial charge >= 0.3 is 0 Å². The zero-order valence-corrected chi connectivity index (χ0v) is 20.9. The van der Waals surface area contributed by atoms with E-state index in [1.165, 1.54) is 0 Å². The first-order chi connectivity index (χ1) is 17.1. The first kappa shape index (κ1) is 23.8. The Morgan fingerprint density at radius 1 is 1.11 bits per heavy atom. The Kier molecular flexibility index (Phi) is 7.29. The Balaban J connectivity index is 1.28. The zero-order chi connectivity index (χ0) is 24.2. The highest BCUT2D eigenvalue weighted by atomic mass is 35.5. The zero-order valence-electron chi connectivity index (χ0n) is 20.2. The number of likely N-dealkylation sites (N-methyl/N-ethyl adjacent to an activating group) is 1. The van der Waals surface area contributed by atoms with Crippen LogP contribution in [0.4, 0.5) is 11.8 Å². The molecule has 2 aliphatic heterocycles. The molecule has 184 valence electrons. The van der Waals surface area contributed by atoms with Crippen molar-refractivity contribution in [3.63, 3.8) is 0 Å². The largest absolute Gasteiger partial charge is 0.355 e. The number of anilines is 2. The quantitative estimate of drug-likeness (QED) is 0.561. The molecule has 2 aliphatic rings. The highest BCUT2D eigenvalue weighted by Crippen LogP contribution is 2.29. The van der Waals surface area contributed by atoms with Crippen LogP contribution in [-0.2, 0) is 11.3 Å². The lowest BCUT2D eigenvalue weighted by atomic mass is 9.96. The number of pyridine rings is 1. The summed E-state index contributed by atoms with van der Waals surface area (Å²) in [6, 6.07) is 9.64. The number of hydrogen-bond acceptors (Lipinski definition) is 7. The van der Waals surface area contributed by atoms with E-state index in [-0.39, 0.29) is 11.8 Å². The van der Waals surface area contributed by atoms with Crippen LogP contribution in [-0.4, -0.2) is 76.5 Å². The van der Waals surface area contributed by atoms with Gasteiger partial charge in [0.25, 0.3) is 0 Å². The molecule has 2 saturated heterocycles. The van der Waals surface area contributed by atoms with Crippen molar-refractivity contribution in [3.05, 3.63) is 53.3 Å². The van der Waals surface area contributed by atoms with E-state index in [0.29, 0.717) is 24.1 Å². The van der Waals surface area contributed by atoms with Crippen molar-refractivity contribution in [2.45, 2.75) is 26.3 Å². The van der Waals surface area contributed by atoms with Crippen LogP contribution in [0.25, 0.3) is 10.9 Å². The summed E-state index contributed by atoms with van der Waals surface area (Å²) in [5.41, 5.74) is 1.82. The fourth-order valence-corrected chi connectivity index (χ4v) is 5.21.